The van der Waals surface area contributed by atoms with Gasteiger partial charge in [0.05, 0.1) is 0 Å². The monoisotopic (exact) mass is 242 g/mol. The highest BCUT2D eigenvalue weighted by molar-refractivity contribution is 7.91. The fraction of sp³-hybridized carbons (Fsp3) is 0.375. The number of nitriles is 1. The van der Waals surface area contributed by atoms with Crippen LogP contribution >= 0.6 is 0 Å². The number of nitrogens with one attached hydrogen (secondary N) is 1. The molecule has 1 heterocycles. The van der Waals surface area contributed by atoms with Crippen LogP contribution in [0.4, 0.5) is 5.82 Å². The fourth-order valence-corrected chi connectivity index (χ4v) is 1.62. The van der Waals surface area contributed by atoms with Gasteiger partial charge in [-0.2, -0.15) is 10.4 Å². The van der Waals surface area contributed by atoms with E-state index in [0.717, 1.165) is 6.26 Å². The minimum absolute atomic E-state index is 0.0682. The Morgan fingerprint density at radius 2 is 2.31 bits per heavy atom. The van der Waals surface area contributed by atoms with Crippen LogP contribution in [-0.2, 0) is 21.7 Å². The molecule has 0 aliphatic heterocycles. The summed E-state index contributed by atoms with van der Waals surface area (Å²) in [5.74, 6) is -1.27. The first-order valence-electron chi connectivity index (χ1n) is 4.23. The maximum atomic E-state index is 11.3. The Morgan fingerprint density at radius 3 is 2.81 bits per heavy atom. The van der Waals surface area contributed by atoms with Gasteiger partial charge in [-0.1, -0.05) is 0 Å². The average Bonchev–Trinajstić information content (AvgIpc) is 2.42. The minimum Gasteiger partial charge on any atom is -0.307 e. The van der Waals surface area contributed by atoms with Gasteiger partial charge in [-0.05, 0) is 0 Å². The lowest BCUT2D eigenvalue weighted by Gasteiger charge is -2.00. The Hall–Kier alpha value is -1.88. The summed E-state index contributed by atoms with van der Waals surface area (Å²) in [5.41, 5.74) is 0.185. The van der Waals surface area contributed by atoms with E-state index in [2.05, 4.69) is 10.4 Å². The van der Waals surface area contributed by atoms with Gasteiger partial charge in [0.25, 0.3) is 0 Å². The van der Waals surface area contributed by atoms with E-state index in [-0.39, 0.29) is 11.4 Å². The Balaban J connectivity index is 2.82. The maximum Gasteiger partial charge on any atom is 0.240 e. The van der Waals surface area contributed by atoms with Gasteiger partial charge in [0, 0.05) is 19.5 Å². The number of anilines is 1. The van der Waals surface area contributed by atoms with Crippen molar-refractivity contribution in [2.45, 2.75) is 0 Å². The molecule has 0 radical (unpaired) electrons. The normalized spacial score (nSPS) is 10.8. The molecule has 0 aliphatic carbocycles. The number of aryl methyl sites for hydroxylation is 1. The molecule has 7 nitrogen and oxygen atoms in total. The molecule has 8 heteroatoms. The molecule has 0 spiro atoms. The van der Waals surface area contributed by atoms with E-state index < -0.39 is 21.5 Å². The molecule has 0 aliphatic rings. The van der Waals surface area contributed by atoms with Gasteiger partial charge < -0.3 is 5.32 Å². The van der Waals surface area contributed by atoms with Gasteiger partial charge in [0.2, 0.25) is 5.91 Å². The van der Waals surface area contributed by atoms with Gasteiger partial charge in [0.15, 0.2) is 15.7 Å². The third kappa shape index (κ3) is 3.36. The molecule has 0 atom stereocenters. The maximum absolute atomic E-state index is 11.3. The molecule has 0 saturated carbocycles. The molecule has 86 valence electrons. The summed E-state index contributed by atoms with van der Waals surface area (Å²) in [5, 5.41) is 14.8. The van der Waals surface area contributed by atoms with Crippen LogP contribution in [0, 0.1) is 11.3 Å². The van der Waals surface area contributed by atoms with E-state index in [9.17, 15) is 13.2 Å². The Kier molecular flexibility index (Phi) is 3.29. The second-order valence-corrected chi connectivity index (χ2v) is 5.44. The zero-order chi connectivity index (χ0) is 12.3. The zero-order valence-corrected chi connectivity index (χ0v) is 9.58. The number of carbonyl (C=O) groups is 1. The highest BCUT2D eigenvalue weighted by Crippen LogP contribution is 2.10. The Bertz CT molecular complexity index is 552. The summed E-state index contributed by atoms with van der Waals surface area (Å²) in [7, 11) is -1.80. The van der Waals surface area contributed by atoms with Crippen LogP contribution in [0.5, 0.6) is 0 Å². The van der Waals surface area contributed by atoms with E-state index in [1.165, 1.54) is 10.9 Å². The molecule has 0 fully saturated rings. The van der Waals surface area contributed by atoms with Gasteiger partial charge in [-0.15, -0.1) is 0 Å². The first kappa shape index (κ1) is 12.2. The lowest BCUT2D eigenvalue weighted by Crippen LogP contribution is -2.22. The molecule has 1 aromatic heterocycles. The van der Waals surface area contributed by atoms with Crippen molar-refractivity contribution in [1.29, 1.82) is 5.26 Å². The number of aromatic nitrogens is 2. The standard InChI is InChI=1S/C8H10N4O3S/c1-12-4-6(3-9)8(11-12)10-7(13)5-16(2,14)15/h4H,5H2,1-2H3,(H,10,11,13). The molecule has 1 rings (SSSR count). The van der Waals surface area contributed by atoms with Crippen molar-refractivity contribution < 1.29 is 13.2 Å². The molecule has 0 unspecified atom stereocenters. The summed E-state index contributed by atoms with van der Waals surface area (Å²) < 4.78 is 23.0. The molecular formula is C8H10N4O3S. The van der Waals surface area contributed by atoms with Crippen molar-refractivity contribution in [2.75, 3.05) is 17.3 Å². The van der Waals surface area contributed by atoms with Gasteiger partial charge in [0.1, 0.15) is 17.4 Å². The zero-order valence-electron chi connectivity index (χ0n) is 8.76. The molecule has 0 bridgehead atoms. The van der Waals surface area contributed by atoms with Crippen LogP contribution in [-0.4, -0.2) is 36.1 Å². The highest BCUT2D eigenvalue weighted by atomic mass is 32.2. The van der Waals surface area contributed by atoms with Crippen molar-refractivity contribution in [3.63, 3.8) is 0 Å². The van der Waals surface area contributed by atoms with Crippen LogP contribution in [0.3, 0.4) is 0 Å². The van der Waals surface area contributed by atoms with E-state index in [0.29, 0.717) is 0 Å². The molecule has 1 amide bonds. The Morgan fingerprint density at radius 1 is 1.69 bits per heavy atom. The van der Waals surface area contributed by atoms with Gasteiger partial charge in [-0.3, -0.25) is 9.48 Å². The highest BCUT2D eigenvalue weighted by Gasteiger charge is 2.14. The number of rotatable bonds is 3. The van der Waals surface area contributed by atoms with Crippen molar-refractivity contribution in [2.24, 2.45) is 7.05 Å². The smallest absolute Gasteiger partial charge is 0.240 e. The summed E-state index contributed by atoms with van der Waals surface area (Å²) in [6.45, 7) is 0. The summed E-state index contributed by atoms with van der Waals surface area (Å²) in [4.78, 5) is 11.3. The van der Waals surface area contributed by atoms with Crippen LogP contribution in [0.2, 0.25) is 0 Å². The second-order valence-electron chi connectivity index (χ2n) is 3.30. The molecule has 0 saturated heterocycles. The van der Waals surface area contributed by atoms with E-state index in [4.69, 9.17) is 5.26 Å². The third-order valence-electron chi connectivity index (χ3n) is 1.60. The van der Waals surface area contributed by atoms with Crippen LogP contribution in [0.15, 0.2) is 6.20 Å². The predicted molar refractivity (Wildman–Crippen MR) is 56.3 cm³/mol. The van der Waals surface area contributed by atoms with Crippen molar-refractivity contribution in [3.05, 3.63) is 11.8 Å². The molecule has 0 aromatic carbocycles. The number of carbonyl (C=O) groups excluding carboxylic acids is 1. The van der Waals surface area contributed by atoms with Gasteiger partial charge >= 0.3 is 0 Å². The van der Waals surface area contributed by atoms with Gasteiger partial charge in [-0.25, -0.2) is 8.42 Å². The number of hydrogen-bond donors (Lipinski definition) is 1. The van der Waals surface area contributed by atoms with Crippen molar-refractivity contribution in [3.8, 4) is 6.07 Å². The number of sulfone groups is 1. The number of hydrogen-bond acceptors (Lipinski definition) is 5. The lowest BCUT2D eigenvalue weighted by molar-refractivity contribution is -0.113. The van der Waals surface area contributed by atoms with E-state index in [1.54, 1.807) is 7.05 Å². The lowest BCUT2D eigenvalue weighted by atomic mass is 10.3. The largest absolute Gasteiger partial charge is 0.307 e. The quantitative estimate of drug-likeness (QED) is 0.752. The van der Waals surface area contributed by atoms with Crippen LogP contribution < -0.4 is 5.32 Å². The van der Waals surface area contributed by atoms with Crippen molar-refractivity contribution in [1.82, 2.24) is 9.78 Å². The second kappa shape index (κ2) is 4.32. The molecule has 1 aromatic rings. The number of amides is 1. The van der Waals surface area contributed by atoms with Crippen LogP contribution in [0.25, 0.3) is 0 Å². The van der Waals surface area contributed by atoms with Crippen LogP contribution in [0.1, 0.15) is 5.56 Å². The number of nitrogens with zero attached hydrogens (tertiary/aromatic N) is 3. The summed E-state index contributed by atoms with van der Waals surface area (Å²) in [6, 6.07) is 1.84. The third-order valence-corrected chi connectivity index (χ3v) is 2.39. The first-order valence-corrected chi connectivity index (χ1v) is 6.29. The summed E-state index contributed by atoms with van der Waals surface area (Å²) in [6.07, 6.45) is 2.38. The van der Waals surface area contributed by atoms with E-state index >= 15 is 0 Å². The topological polar surface area (TPSA) is 105 Å². The molecular weight excluding hydrogens is 232 g/mol. The summed E-state index contributed by atoms with van der Waals surface area (Å²) >= 11 is 0. The fourth-order valence-electron chi connectivity index (χ4n) is 1.07. The average molecular weight is 242 g/mol. The predicted octanol–water partition coefficient (Wildman–Crippen LogP) is -0.725. The minimum atomic E-state index is -3.39. The van der Waals surface area contributed by atoms with Crippen molar-refractivity contribution >= 4 is 21.6 Å². The SMILES string of the molecule is Cn1cc(C#N)c(NC(=O)CS(C)(=O)=O)n1. The molecule has 16 heavy (non-hydrogen) atoms. The van der Waals surface area contributed by atoms with E-state index in [1.807, 2.05) is 6.07 Å². The molecule has 1 N–H and O–H groups in total. The first-order chi connectivity index (χ1) is 7.31. The Labute approximate surface area is 92.6 Å².